The molecule has 0 saturated carbocycles. The highest BCUT2D eigenvalue weighted by molar-refractivity contribution is 5.95. The van der Waals surface area contributed by atoms with E-state index in [1.165, 1.54) is 11.1 Å². The zero-order chi connectivity index (χ0) is 19.0. The second-order valence-electron chi connectivity index (χ2n) is 7.77. The van der Waals surface area contributed by atoms with Gasteiger partial charge in [0.15, 0.2) is 5.79 Å². The molecule has 6 heteroatoms. The van der Waals surface area contributed by atoms with Gasteiger partial charge in [-0.3, -0.25) is 9.78 Å². The number of hydrogen-bond acceptors (Lipinski definition) is 5. The number of fused-ring (bicyclic) bond motifs is 1. The molecule has 0 N–H and O–H groups in total. The van der Waals surface area contributed by atoms with E-state index in [4.69, 9.17) is 9.47 Å². The van der Waals surface area contributed by atoms with Gasteiger partial charge in [-0.15, -0.1) is 0 Å². The van der Waals surface area contributed by atoms with Crippen LogP contribution in [0.25, 0.3) is 0 Å². The molecule has 1 aromatic heterocycles. The summed E-state index contributed by atoms with van der Waals surface area (Å²) >= 11 is 0. The van der Waals surface area contributed by atoms with E-state index in [1.54, 1.807) is 6.20 Å². The molecule has 0 unspecified atom stereocenters. The van der Waals surface area contributed by atoms with Gasteiger partial charge in [-0.25, -0.2) is 0 Å². The molecule has 2 saturated heterocycles. The zero-order valence-electron chi connectivity index (χ0n) is 16.0. The number of carbonyl (C=O) groups excluding carboxylic acids is 1. The topological polar surface area (TPSA) is 54.9 Å². The molecule has 5 rings (SSSR count). The number of amides is 1. The van der Waals surface area contributed by atoms with E-state index in [9.17, 15) is 4.79 Å². The molecule has 4 heterocycles. The number of rotatable bonds is 2. The highest BCUT2D eigenvalue weighted by Crippen LogP contribution is 2.33. The SMILES string of the molecule is O=C(c1cncc(N2CCC3(CC2)OCCO3)c1)N1CCc2ccccc2C1. The fourth-order valence-corrected chi connectivity index (χ4v) is 4.46. The van der Waals surface area contributed by atoms with Crippen LogP contribution < -0.4 is 4.90 Å². The second kappa shape index (κ2) is 7.18. The van der Waals surface area contributed by atoms with Crippen LogP contribution in [-0.4, -0.2) is 54.4 Å². The summed E-state index contributed by atoms with van der Waals surface area (Å²) in [6.45, 7) is 4.48. The molecule has 2 fully saturated rings. The Kier molecular flexibility index (Phi) is 4.53. The van der Waals surface area contributed by atoms with Crippen LogP contribution in [0.15, 0.2) is 42.7 Å². The molecule has 28 heavy (non-hydrogen) atoms. The summed E-state index contributed by atoms with van der Waals surface area (Å²) in [4.78, 5) is 21.6. The van der Waals surface area contributed by atoms with Gasteiger partial charge in [-0.05, 0) is 23.6 Å². The molecule has 3 aliphatic heterocycles. The Balaban J connectivity index is 1.29. The standard InChI is InChI=1S/C22H25N3O3/c26-21(25-8-5-17-3-1-2-4-18(17)16-25)19-13-20(15-23-14-19)24-9-6-22(7-10-24)27-11-12-28-22/h1-4,13-15H,5-12,16H2. The molecule has 1 amide bonds. The average Bonchev–Trinajstić information content (AvgIpc) is 3.21. The molecule has 0 atom stereocenters. The smallest absolute Gasteiger partial charge is 0.255 e. The lowest BCUT2D eigenvalue weighted by Crippen LogP contribution is -2.45. The fourth-order valence-electron chi connectivity index (χ4n) is 4.46. The van der Waals surface area contributed by atoms with E-state index < -0.39 is 5.79 Å². The van der Waals surface area contributed by atoms with Crippen LogP contribution in [0.4, 0.5) is 5.69 Å². The van der Waals surface area contributed by atoms with Gasteiger partial charge >= 0.3 is 0 Å². The third-order valence-corrected chi connectivity index (χ3v) is 6.09. The van der Waals surface area contributed by atoms with Crippen molar-refractivity contribution in [3.8, 4) is 0 Å². The van der Waals surface area contributed by atoms with E-state index in [1.807, 2.05) is 23.2 Å². The molecule has 1 aromatic carbocycles. The molecular weight excluding hydrogens is 354 g/mol. The van der Waals surface area contributed by atoms with Crippen LogP contribution >= 0.6 is 0 Å². The van der Waals surface area contributed by atoms with E-state index in [-0.39, 0.29) is 5.91 Å². The van der Waals surface area contributed by atoms with Gasteiger partial charge in [0, 0.05) is 45.2 Å². The Morgan fingerprint density at radius 1 is 1.00 bits per heavy atom. The van der Waals surface area contributed by atoms with Crippen LogP contribution in [0.5, 0.6) is 0 Å². The summed E-state index contributed by atoms with van der Waals surface area (Å²) in [5, 5.41) is 0. The quantitative estimate of drug-likeness (QED) is 0.803. The van der Waals surface area contributed by atoms with Crippen molar-refractivity contribution in [1.29, 1.82) is 0 Å². The summed E-state index contributed by atoms with van der Waals surface area (Å²) in [5.74, 6) is -0.335. The number of ether oxygens (including phenoxy) is 2. The lowest BCUT2D eigenvalue weighted by Gasteiger charge is -2.38. The molecule has 0 radical (unpaired) electrons. The van der Waals surface area contributed by atoms with Crippen molar-refractivity contribution in [3.05, 3.63) is 59.4 Å². The number of pyridine rings is 1. The van der Waals surface area contributed by atoms with Crippen molar-refractivity contribution < 1.29 is 14.3 Å². The first-order valence-electron chi connectivity index (χ1n) is 10.1. The normalized spacial score (nSPS) is 21.0. The van der Waals surface area contributed by atoms with Crippen LogP contribution in [-0.2, 0) is 22.4 Å². The highest BCUT2D eigenvalue weighted by Gasteiger charge is 2.40. The van der Waals surface area contributed by atoms with E-state index in [0.29, 0.717) is 25.3 Å². The Hall–Kier alpha value is -2.44. The predicted octanol–water partition coefficient (Wildman–Crippen LogP) is 2.62. The van der Waals surface area contributed by atoms with Crippen molar-refractivity contribution >= 4 is 11.6 Å². The van der Waals surface area contributed by atoms with Gasteiger partial charge in [-0.2, -0.15) is 0 Å². The van der Waals surface area contributed by atoms with Crippen molar-refractivity contribution in [2.45, 2.75) is 31.6 Å². The Bertz CT molecular complexity index is 869. The van der Waals surface area contributed by atoms with Crippen LogP contribution in [0, 0.1) is 0 Å². The van der Waals surface area contributed by atoms with Gasteiger partial charge < -0.3 is 19.3 Å². The summed E-state index contributed by atoms with van der Waals surface area (Å²) in [7, 11) is 0. The molecule has 2 aromatic rings. The first-order valence-corrected chi connectivity index (χ1v) is 10.1. The van der Waals surface area contributed by atoms with Crippen molar-refractivity contribution in [2.75, 3.05) is 37.7 Å². The minimum absolute atomic E-state index is 0.0554. The Morgan fingerprint density at radius 3 is 2.54 bits per heavy atom. The summed E-state index contributed by atoms with van der Waals surface area (Å²) in [6.07, 6.45) is 6.11. The molecule has 6 nitrogen and oxygen atoms in total. The largest absolute Gasteiger partial charge is 0.370 e. The van der Waals surface area contributed by atoms with Crippen molar-refractivity contribution in [1.82, 2.24) is 9.88 Å². The minimum atomic E-state index is -0.390. The zero-order valence-corrected chi connectivity index (χ0v) is 16.0. The number of aromatic nitrogens is 1. The maximum atomic E-state index is 13.1. The lowest BCUT2D eigenvalue weighted by atomic mass is 9.99. The third kappa shape index (κ3) is 3.27. The molecular formula is C22H25N3O3. The van der Waals surface area contributed by atoms with E-state index in [2.05, 4.69) is 28.1 Å². The maximum Gasteiger partial charge on any atom is 0.255 e. The Morgan fingerprint density at radius 2 is 1.75 bits per heavy atom. The van der Waals surface area contributed by atoms with Gasteiger partial charge in [0.05, 0.1) is 30.7 Å². The van der Waals surface area contributed by atoms with Crippen LogP contribution in [0.2, 0.25) is 0 Å². The lowest BCUT2D eigenvalue weighted by molar-refractivity contribution is -0.169. The number of hydrogen-bond donors (Lipinski definition) is 0. The summed E-state index contributed by atoms with van der Waals surface area (Å²) < 4.78 is 11.6. The fraction of sp³-hybridized carbons (Fsp3) is 0.455. The number of nitrogens with zero attached hydrogens (tertiary/aromatic N) is 3. The van der Waals surface area contributed by atoms with E-state index >= 15 is 0 Å². The minimum Gasteiger partial charge on any atom is -0.370 e. The Labute approximate surface area is 165 Å². The maximum absolute atomic E-state index is 13.1. The molecule has 1 spiro atoms. The number of benzene rings is 1. The molecule has 3 aliphatic rings. The predicted molar refractivity (Wildman–Crippen MR) is 105 cm³/mol. The van der Waals surface area contributed by atoms with E-state index in [0.717, 1.165) is 44.6 Å². The summed E-state index contributed by atoms with van der Waals surface area (Å²) in [5.41, 5.74) is 4.24. The number of anilines is 1. The van der Waals surface area contributed by atoms with Crippen molar-refractivity contribution in [3.63, 3.8) is 0 Å². The highest BCUT2D eigenvalue weighted by atomic mass is 16.7. The molecule has 146 valence electrons. The molecule has 0 aliphatic carbocycles. The summed E-state index contributed by atoms with van der Waals surface area (Å²) in [6, 6.07) is 10.3. The van der Waals surface area contributed by atoms with Crippen LogP contribution in [0.1, 0.15) is 34.3 Å². The third-order valence-electron chi connectivity index (χ3n) is 6.09. The monoisotopic (exact) mass is 379 g/mol. The van der Waals surface area contributed by atoms with Crippen molar-refractivity contribution in [2.24, 2.45) is 0 Å². The second-order valence-corrected chi connectivity index (χ2v) is 7.77. The average molecular weight is 379 g/mol. The van der Waals surface area contributed by atoms with Crippen LogP contribution in [0.3, 0.4) is 0 Å². The molecule has 0 bridgehead atoms. The number of carbonyl (C=O) groups is 1. The first-order chi connectivity index (χ1) is 13.7. The van der Waals surface area contributed by atoms with Gasteiger partial charge in [0.25, 0.3) is 5.91 Å². The van der Waals surface area contributed by atoms with Gasteiger partial charge in [0.1, 0.15) is 0 Å². The van der Waals surface area contributed by atoms with Gasteiger partial charge in [0.2, 0.25) is 0 Å². The van der Waals surface area contributed by atoms with Gasteiger partial charge in [-0.1, -0.05) is 24.3 Å². The first kappa shape index (κ1) is 17.6. The number of piperidine rings is 1.